The zero-order chi connectivity index (χ0) is 19.7. The average molecular weight is 404 g/mol. The number of rotatable bonds is 6. The molecule has 0 radical (unpaired) electrons. The Balaban J connectivity index is 1.88. The van der Waals surface area contributed by atoms with Gasteiger partial charge in [-0.3, -0.25) is 14.3 Å². The van der Waals surface area contributed by atoms with E-state index in [0.717, 1.165) is 42.6 Å². The van der Waals surface area contributed by atoms with E-state index in [2.05, 4.69) is 4.90 Å². The Kier molecular flexibility index (Phi) is 5.83. The molecule has 4 rings (SSSR count). The summed E-state index contributed by atoms with van der Waals surface area (Å²) >= 11 is 1.67. The maximum Gasteiger partial charge on any atom is 0.329 e. The molecule has 152 valence electrons. The molecule has 0 N–H and O–H groups in total. The summed E-state index contributed by atoms with van der Waals surface area (Å²) in [6.45, 7) is 6.70. The highest BCUT2D eigenvalue weighted by Gasteiger charge is 2.29. The van der Waals surface area contributed by atoms with E-state index in [-0.39, 0.29) is 11.5 Å². The summed E-state index contributed by atoms with van der Waals surface area (Å²) in [4.78, 5) is 35.8. The Hall–Kier alpha value is -1.73. The number of esters is 1. The molecule has 1 atom stereocenters. The molecule has 0 spiro atoms. The molecule has 1 aliphatic heterocycles. The van der Waals surface area contributed by atoms with Crippen LogP contribution in [-0.4, -0.2) is 40.1 Å². The lowest BCUT2D eigenvalue weighted by Gasteiger charge is -2.23. The van der Waals surface area contributed by atoms with E-state index in [9.17, 15) is 9.59 Å². The van der Waals surface area contributed by atoms with Gasteiger partial charge in [0.15, 0.2) is 0 Å². The minimum absolute atomic E-state index is 0.0569. The summed E-state index contributed by atoms with van der Waals surface area (Å²) < 4.78 is 6.95. The number of aryl methyl sites for hydroxylation is 2. The van der Waals surface area contributed by atoms with Crippen molar-refractivity contribution in [2.45, 2.75) is 71.4 Å². The van der Waals surface area contributed by atoms with Crippen LogP contribution >= 0.6 is 11.3 Å². The Morgan fingerprint density at radius 1 is 1.18 bits per heavy atom. The molecule has 7 heteroatoms. The number of carbonyl (C=O) groups is 1. The van der Waals surface area contributed by atoms with E-state index in [1.54, 1.807) is 22.8 Å². The lowest BCUT2D eigenvalue weighted by molar-refractivity contribution is -0.147. The number of hydrogen-bond acceptors (Lipinski definition) is 6. The Bertz CT molecular complexity index is 927. The van der Waals surface area contributed by atoms with Crippen LogP contribution in [0, 0.1) is 0 Å². The second-order valence-electron chi connectivity index (χ2n) is 7.75. The SMILES string of the molecule is CCOC(=O)C(CC)n1c(CN2CCCC2)nc2sc3c(c2c1=O)CCCC3. The summed E-state index contributed by atoms with van der Waals surface area (Å²) in [6.07, 6.45) is 7.13. The van der Waals surface area contributed by atoms with E-state index in [0.29, 0.717) is 25.4 Å². The number of ether oxygens (including phenoxy) is 1. The van der Waals surface area contributed by atoms with Gasteiger partial charge in [0.25, 0.3) is 5.56 Å². The second-order valence-corrected chi connectivity index (χ2v) is 8.84. The first-order valence-electron chi connectivity index (χ1n) is 10.6. The third-order valence-electron chi connectivity index (χ3n) is 5.91. The van der Waals surface area contributed by atoms with Crippen LogP contribution in [0.4, 0.5) is 0 Å². The third-order valence-corrected chi connectivity index (χ3v) is 7.10. The van der Waals surface area contributed by atoms with Gasteiger partial charge in [0.05, 0.1) is 18.5 Å². The van der Waals surface area contributed by atoms with Crippen LogP contribution in [0.2, 0.25) is 0 Å². The number of likely N-dealkylation sites (tertiary alicyclic amines) is 1. The maximum atomic E-state index is 13.7. The van der Waals surface area contributed by atoms with Crippen molar-refractivity contribution in [2.24, 2.45) is 0 Å². The van der Waals surface area contributed by atoms with Crippen molar-refractivity contribution in [1.82, 2.24) is 14.5 Å². The standard InChI is InChI=1S/C21H29N3O3S/c1-3-15(21(26)27-4-2)24-17(13-23-11-7-8-12-23)22-19-18(20(24)25)14-9-5-6-10-16(14)28-19/h15H,3-13H2,1-2H3. The van der Waals surface area contributed by atoms with Crippen LogP contribution in [-0.2, 0) is 28.9 Å². The van der Waals surface area contributed by atoms with Crippen molar-refractivity contribution in [3.63, 3.8) is 0 Å². The van der Waals surface area contributed by atoms with Gasteiger partial charge >= 0.3 is 5.97 Å². The van der Waals surface area contributed by atoms with Crippen molar-refractivity contribution in [3.8, 4) is 0 Å². The highest BCUT2D eigenvalue weighted by molar-refractivity contribution is 7.18. The molecular weight excluding hydrogens is 374 g/mol. The van der Waals surface area contributed by atoms with E-state index >= 15 is 0 Å². The zero-order valence-electron chi connectivity index (χ0n) is 16.8. The number of thiophene rings is 1. The first-order chi connectivity index (χ1) is 13.6. The van der Waals surface area contributed by atoms with Crippen LogP contribution in [0.25, 0.3) is 10.2 Å². The molecule has 3 heterocycles. The van der Waals surface area contributed by atoms with Crippen molar-refractivity contribution in [2.75, 3.05) is 19.7 Å². The topological polar surface area (TPSA) is 64.4 Å². The van der Waals surface area contributed by atoms with Crippen molar-refractivity contribution in [3.05, 3.63) is 26.6 Å². The molecule has 0 amide bonds. The van der Waals surface area contributed by atoms with Gasteiger partial charge in [-0.2, -0.15) is 0 Å². The number of hydrogen-bond donors (Lipinski definition) is 0. The summed E-state index contributed by atoms with van der Waals surface area (Å²) in [6, 6.07) is -0.610. The Morgan fingerprint density at radius 2 is 1.93 bits per heavy atom. The van der Waals surface area contributed by atoms with Gasteiger partial charge in [-0.15, -0.1) is 11.3 Å². The highest BCUT2D eigenvalue weighted by Crippen LogP contribution is 2.34. The largest absolute Gasteiger partial charge is 0.464 e. The van der Waals surface area contributed by atoms with Gasteiger partial charge < -0.3 is 4.74 Å². The molecule has 2 aliphatic rings. The fraction of sp³-hybridized carbons (Fsp3) is 0.667. The molecular formula is C21H29N3O3S. The number of carbonyl (C=O) groups excluding carboxylic acids is 1. The summed E-state index contributed by atoms with van der Waals surface area (Å²) in [5.41, 5.74) is 1.11. The Labute approximate surface area is 169 Å². The fourth-order valence-electron chi connectivity index (χ4n) is 4.53. The second kappa shape index (κ2) is 8.33. The monoisotopic (exact) mass is 403 g/mol. The number of fused-ring (bicyclic) bond motifs is 3. The lowest BCUT2D eigenvalue weighted by Crippen LogP contribution is -2.36. The highest BCUT2D eigenvalue weighted by atomic mass is 32.1. The minimum atomic E-state index is -0.610. The van der Waals surface area contributed by atoms with Crippen LogP contribution < -0.4 is 5.56 Å². The van der Waals surface area contributed by atoms with E-state index in [4.69, 9.17) is 9.72 Å². The van der Waals surface area contributed by atoms with Crippen LogP contribution in [0.3, 0.4) is 0 Å². The molecule has 1 saturated heterocycles. The zero-order valence-corrected chi connectivity index (χ0v) is 17.6. The van der Waals surface area contributed by atoms with Gasteiger partial charge in [-0.25, -0.2) is 9.78 Å². The van der Waals surface area contributed by atoms with Gasteiger partial charge in [-0.1, -0.05) is 6.92 Å². The quantitative estimate of drug-likeness (QED) is 0.691. The number of nitrogens with zero attached hydrogens (tertiary/aromatic N) is 3. The molecule has 1 unspecified atom stereocenters. The molecule has 0 saturated carbocycles. The summed E-state index contributed by atoms with van der Waals surface area (Å²) in [7, 11) is 0. The van der Waals surface area contributed by atoms with E-state index in [1.165, 1.54) is 29.7 Å². The molecule has 1 fully saturated rings. The predicted octanol–water partition coefficient (Wildman–Crippen LogP) is 3.45. The lowest BCUT2D eigenvalue weighted by atomic mass is 9.97. The van der Waals surface area contributed by atoms with Gasteiger partial charge in [-0.05, 0) is 70.5 Å². The molecule has 1 aliphatic carbocycles. The first kappa shape index (κ1) is 19.6. The summed E-state index contributed by atoms with van der Waals surface area (Å²) in [5.74, 6) is 0.373. The van der Waals surface area contributed by atoms with Crippen molar-refractivity contribution < 1.29 is 9.53 Å². The molecule has 0 bridgehead atoms. The van der Waals surface area contributed by atoms with Crippen LogP contribution in [0.1, 0.15) is 68.3 Å². The van der Waals surface area contributed by atoms with Gasteiger partial charge in [0.1, 0.15) is 16.7 Å². The van der Waals surface area contributed by atoms with Crippen molar-refractivity contribution >= 4 is 27.5 Å². The number of aromatic nitrogens is 2. The molecule has 2 aromatic rings. The maximum absolute atomic E-state index is 13.7. The molecule has 28 heavy (non-hydrogen) atoms. The van der Waals surface area contributed by atoms with E-state index in [1.807, 2.05) is 6.92 Å². The predicted molar refractivity (Wildman–Crippen MR) is 111 cm³/mol. The molecule has 6 nitrogen and oxygen atoms in total. The van der Waals surface area contributed by atoms with Crippen molar-refractivity contribution in [1.29, 1.82) is 0 Å². The Morgan fingerprint density at radius 3 is 2.64 bits per heavy atom. The summed E-state index contributed by atoms with van der Waals surface area (Å²) in [5, 5.41) is 0.743. The smallest absolute Gasteiger partial charge is 0.329 e. The van der Waals surface area contributed by atoms with Crippen LogP contribution in [0.5, 0.6) is 0 Å². The van der Waals surface area contributed by atoms with Gasteiger partial charge in [0, 0.05) is 4.88 Å². The average Bonchev–Trinajstić information content (AvgIpc) is 3.32. The molecule has 0 aromatic carbocycles. The van der Waals surface area contributed by atoms with Crippen LogP contribution in [0.15, 0.2) is 4.79 Å². The fourth-order valence-corrected chi connectivity index (χ4v) is 5.80. The third kappa shape index (κ3) is 3.50. The molecule has 2 aromatic heterocycles. The van der Waals surface area contributed by atoms with E-state index < -0.39 is 6.04 Å². The minimum Gasteiger partial charge on any atom is -0.464 e. The first-order valence-corrected chi connectivity index (χ1v) is 11.4. The normalized spacial score (nSPS) is 18.4. The van der Waals surface area contributed by atoms with Gasteiger partial charge in [0.2, 0.25) is 0 Å².